The second-order valence-corrected chi connectivity index (χ2v) is 5.72. The van der Waals surface area contributed by atoms with E-state index in [4.69, 9.17) is 5.73 Å². The number of carbonyl (C=O) groups is 1. The maximum Gasteiger partial charge on any atom is 0.224 e. The second kappa shape index (κ2) is 6.01. The van der Waals surface area contributed by atoms with Crippen molar-refractivity contribution in [3.8, 4) is 0 Å². The molecule has 1 amide bonds. The van der Waals surface area contributed by atoms with E-state index >= 15 is 0 Å². The lowest BCUT2D eigenvalue weighted by atomic mass is 10.0. The molecule has 0 aliphatic carbocycles. The minimum Gasteiger partial charge on any atom is -0.345 e. The first-order valence-electron chi connectivity index (χ1n) is 6.36. The first-order chi connectivity index (χ1) is 8.28. The van der Waals surface area contributed by atoms with Gasteiger partial charge >= 0.3 is 0 Å². The van der Waals surface area contributed by atoms with Crippen LogP contribution < -0.4 is 5.73 Å². The Kier molecular flexibility index (Phi) is 4.91. The van der Waals surface area contributed by atoms with Gasteiger partial charge in [-0.25, -0.2) is 0 Å². The van der Waals surface area contributed by atoms with Gasteiger partial charge in [0, 0.05) is 25.6 Å². The van der Waals surface area contributed by atoms with Gasteiger partial charge < -0.3 is 10.6 Å². The summed E-state index contributed by atoms with van der Waals surface area (Å²) in [5.41, 5.74) is 7.94. The Bertz CT molecular complexity index is 407. The van der Waals surface area contributed by atoms with E-state index < -0.39 is 5.54 Å². The van der Waals surface area contributed by atoms with Crippen LogP contribution in [0.3, 0.4) is 0 Å². The number of nitrogens with zero attached hydrogens (tertiary/aromatic N) is 1. The molecule has 0 saturated carbocycles. The van der Waals surface area contributed by atoms with Crippen molar-refractivity contribution in [2.24, 2.45) is 5.73 Å². The van der Waals surface area contributed by atoms with Crippen LogP contribution in [0.5, 0.6) is 0 Å². The molecule has 1 rings (SSSR count). The van der Waals surface area contributed by atoms with E-state index in [0.29, 0.717) is 6.42 Å². The molecule has 1 aromatic rings. The second-order valence-electron chi connectivity index (χ2n) is 5.72. The highest BCUT2D eigenvalue weighted by Gasteiger charge is 2.18. The van der Waals surface area contributed by atoms with Crippen molar-refractivity contribution in [1.29, 1.82) is 0 Å². The fourth-order valence-corrected chi connectivity index (χ4v) is 1.81. The zero-order valence-corrected chi connectivity index (χ0v) is 11.9. The molecule has 3 nitrogen and oxygen atoms in total. The summed E-state index contributed by atoms with van der Waals surface area (Å²) < 4.78 is 0. The maximum absolute atomic E-state index is 11.9. The van der Waals surface area contributed by atoms with Gasteiger partial charge in [0.15, 0.2) is 0 Å². The van der Waals surface area contributed by atoms with Gasteiger partial charge in [-0.1, -0.05) is 29.8 Å². The predicted molar refractivity (Wildman–Crippen MR) is 75.4 cm³/mol. The van der Waals surface area contributed by atoms with Crippen LogP contribution in [0.25, 0.3) is 0 Å². The van der Waals surface area contributed by atoms with E-state index in [0.717, 1.165) is 13.0 Å². The Labute approximate surface area is 110 Å². The summed E-state index contributed by atoms with van der Waals surface area (Å²) in [6, 6.07) is 8.38. The van der Waals surface area contributed by atoms with Crippen LogP contribution >= 0.6 is 0 Å². The highest BCUT2D eigenvalue weighted by atomic mass is 16.2. The Hall–Kier alpha value is -1.35. The molecule has 18 heavy (non-hydrogen) atoms. The summed E-state index contributed by atoms with van der Waals surface area (Å²) in [5, 5.41) is 0. The van der Waals surface area contributed by atoms with Crippen molar-refractivity contribution < 1.29 is 4.79 Å². The number of carbonyl (C=O) groups excluding carboxylic acids is 1. The number of likely N-dealkylation sites (N-methyl/N-ethyl adjacent to an activating group) is 1. The van der Waals surface area contributed by atoms with Crippen LogP contribution in [0.15, 0.2) is 24.3 Å². The summed E-state index contributed by atoms with van der Waals surface area (Å²) in [4.78, 5) is 13.7. The van der Waals surface area contributed by atoms with Crippen LogP contribution in [0, 0.1) is 6.92 Å². The third-order valence-corrected chi connectivity index (χ3v) is 2.85. The van der Waals surface area contributed by atoms with Crippen LogP contribution in [0.2, 0.25) is 0 Å². The van der Waals surface area contributed by atoms with Gasteiger partial charge in [-0.3, -0.25) is 4.79 Å². The molecule has 0 radical (unpaired) electrons. The molecular formula is C15H24N2O. The van der Waals surface area contributed by atoms with Crippen molar-refractivity contribution in [1.82, 2.24) is 4.90 Å². The quantitative estimate of drug-likeness (QED) is 0.867. The van der Waals surface area contributed by atoms with Crippen molar-refractivity contribution in [3.05, 3.63) is 35.4 Å². The number of aryl methyl sites for hydroxylation is 1. The average molecular weight is 248 g/mol. The number of nitrogens with two attached hydrogens (primary N) is 1. The topological polar surface area (TPSA) is 46.3 Å². The number of benzene rings is 1. The van der Waals surface area contributed by atoms with Crippen LogP contribution in [0.1, 0.15) is 31.4 Å². The number of hydrogen-bond donors (Lipinski definition) is 1. The number of hydrogen-bond acceptors (Lipinski definition) is 2. The van der Waals surface area contributed by atoms with Crippen LogP contribution in [-0.4, -0.2) is 29.9 Å². The molecule has 0 spiro atoms. The highest BCUT2D eigenvalue weighted by molar-refractivity contribution is 5.77. The number of amides is 1. The largest absolute Gasteiger partial charge is 0.345 e. The van der Waals surface area contributed by atoms with Crippen LogP contribution in [0.4, 0.5) is 0 Å². The SMILES string of the molecule is Cc1cccc(CCN(C)C(=O)CC(C)(C)N)c1. The summed E-state index contributed by atoms with van der Waals surface area (Å²) in [6.07, 6.45) is 1.27. The van der Waals surface area contributed by atoms with Gasteiger partial charge in [0.05, 0.1) is 0 Å². The van der Waals surface area contributed by atoms with Crippen molar-refractivity contribution in [2.45, 2.75) is 39.2 Å². The van der Waals surface area contributed by atoms with Crippen molar-refractivity contribution >= 4 is 5.91 Å². The van der Waals surface area contributed by atoms with Gasteiger partial charge in [-0.2, -0.15) is 0 Å². The van der Waals surface area contributed by atoms with Gasteiger partial charge in [-0.05, 0) is 32.8 Å². The molecule has 0 unspecified atom stereocenters. The summed E-state index contributed by atoms with van der Waals surface area (Å²) >= 11 is 0. The Morgan fingerprint density at radius 2 is 2.06 bits per heavy atom. The molecule has 1 aromatic carbocycles. The molecule has 2 N–H and O–H groups in total. The van der Waals surface area contributed by atoms with Gasteiger partial charge in [0.2, 0.25) is 5.91 Å². The lowest BCUT2D eigenvalue weighted by molar-refractivity contribution is -0.130. The monoisotopic (exact) mass is 248 g/mol. The zero-order valence-electron chi connectivity index (χ0n) is 11.9. The Morgan fingerprint density at radius 1 is 1.39 bits per heavy atom. The Morgan fingerprint density at radius 3 is 2.61 bits per heavy atom. The van der Waals surface area contributed by atoms with Crippen molar-refractivity contribution in [3.63, 3.8) is 0 Å². The smallest absolute Gasteiger partial charge is 0.224 e. The first-order valence-corrected chi connectivity index (χ1v) is 6.36. The lowest BCUT2D eigenvalue weighted by Gasteiger charge is -2.23. The summed E-state index contributed by atoms with van der Waals surface area (Å²) in [5.74, 6) is 0.107. The normalized spacial score (nSPS) is 11.4. The highest BCUT2D eigenvalue weighted by Crippen LogP contribution is 2.08. The van der Waals surface area contributed by atoms with E-state index in [1.165, 1.54) is 11.1 Å². The fraction of sp³-hybridized carbons (Fsp3) is 0.533. The third kappa shape index (κ3) is 5.32. The van der Waals surface area contributed by atoms with Crippen molar-refractivity contribution in [2.75, 3.05) is 13.6 Å². The summed E-state index contributed by atoms with van der Waals surface area (Å²) in [6.45, 7) is 6.56. The minimum absolute atomic E-state index is 0.107. The fourth-order valence-electron chi connectivity index (χ4n) is 1.81. The molecule has 0 atom stereocenters. The lowest BCUT2D eigenvalue weighted by Crippen LogP contribution is -2.40. The number of rotatable bonds is 5. The van der Waals surface area contributed by atoms with E-state index in [1.54, 1.807) is 4.90 Å². The van der Waals surface area contributed by atoms with Crippen LogP contribution in [-0.2, 0) is 11.2 Å². The molecular weight excluding hydrogens is 224 g/mol. The van der Waals surface area contributed by atoms with Gasteiger partial charge in [0.25, 0.3) is 0 Å². The molecule has 0 fully saturated rings. The molecule has 0 heterocycles. The van der Waals surface area contributed by atoms with Gasteiger partial charge in [-0.15, -0.1) is 0 Å². The zero-order chi connectivity index (χ0) is 13.8. The average Bonchev–Trinajstić information content (AvgIpc) is 2.23. The van der Waals surface area contributed by atoms with E-state index in [1.807, 2.05) is 20.9 Å². The van der Waals surface area contributed by atoms with E-state index in [9.17, 15) is 4.79 Å². The molecule has 0 saturated heterocycles. The molecule has 100 valence electrons. The van der Waals surface area contributed by atoms with E-state index in [-0.39, 0.29) is 5.91 Å². The van der Waals surface area contributed by atoms with Gasteiger partial charge in [0.1, 0.15) is 0 Å². The molecule has 0 aliphatic heterocycles. The molecule has 0 bridgehead atoms. The molecule has 3 heteroatoms. The first kappa shape index (κ1) is 14.7. The molecule has 0 aromatic heterocycles. The third-order valence-electron chi connectivity index (χ3n) is 2.85. The maximum atomic E-state index is 11.9. The predicted octanol–water partition coefficient (Wildman–Crippen LogP) is 2.12. The minimum atomic E-state index is -0.436. The molecule has 0 aliphatic rings. The van der Waals surface area contributed by atoms with E-state index in [2.05, 4.69) is 31.2 Å². The standard InChI is InChI=1S/C15H24N2O/c1-12-6-5-7-13(10-12)8-9-17(4)14(18)11-15(2,3)16/h5-7,10H,8-9,11,16H2,1-4H3. The summed E-state index contributed by atoms with van der Waals surface area (Å²) in [7, 11) is 1.84. The Balaban J connectivity index is 2.46.